The van der Waals surface area contributed by atoms with Crippen LogP contribution in [0.15, 0.2) is 18.2 Å². The molecule has 0 bridgehead atoms. The van der Waals surface area contributed by atoms with Crippen LogP contribution in [0.1, 0.15) is 35.2 Å². The van der Waals surface area contributed by atoms with Crippen molar-refractivity contribution in [2.24, 2.45) is 0 Å². The van der Waals surface area contributed by atoms with Gasteiger partial charge in [0.25, 0.3) is 5.91 Å². The van der Waals surface area contributed by atoms with E-state index < -0.39 is 11.9 Å². The molecule has 1 fully saturated rings. The van der Waals surface area contributed by atoms with E-state index in [2.05, 4.69) is 5.32 Å². The first-order valence-corrected chi connectivity index (χ1v) is 6.88. The van der Waals surface area contributed by atoms with Gasteiger partial charge in [0.1, 0.15) is 6.04 Å². The van der Waals surface area contributed by atoms with E-state index in [1.165, 1.54) is 4.90 Å². The number of hydrogen-bond acceptors (Lipinski definition) is 3. The molecule has 0 spiro atoms. The molecule has 20 heavy (non-hydrogen) atoms. The lowest BCUT2D eigenvalue weighted by Gasteiger charge is -2.24. The molecule has 0 radical (unpaired) electrons. The second-order valence-corrected chi connectivity index (χ2v) is 5.43. The van der Waals surface area contributed by atoms with Crippen molar-refractivity contribution in [1.29, 1.82) is 0 Å². The summed E-state index contributed by atoms with van der Waals surface area (Å²) in [6.45, 7) is 0.320. The van der Waals surface area contributed by atoms with Crippen LogP contribution < -0.4 is 5.32 Å². The van der Waals surface area contributed by atoms with Gasteiger partial charge in [0.2, 0.25) is 11.8 Å². The molecule has 2 aliphatic heterocycles. The minimum atomic E-state index is -0.600. The molecule has 0 unspecified atom stereocenters. The van der Waals surface area contributed by atoms with E-state index in [0.29, 0.717) is 36.4 Å². The number of hydrogen-bond donors (Lipinski definition) is 1. The SMILES string of the molecule is O=C1CCC[C@H](N2Cc3c(Cl)cccc3C2=O)C(=O)N1. The maximum atomic E-state index is 12.4. The summed E-state index contributed by atoms with van der Waals surface area (Å²) < 4.78 is 0. The average molecular weight is 293 g/mol. The van der Waals surface area contributed by atoms with Crippen LogP contribution in [0.5, 0.6) is 0 Å². The maximum Gasteiger partial charge on any atom is 0.255 e. The van der Waals surface area contributed by atoms with E-state index in [4.69, 9.17) is 11.6 Å². The largest absolute Gasteiger partial charge is 0.322 e. The standard InChI is InChI=1S/C14H13ClN2O3/c15-10-4-1-3-8-9(10)7-17(14(8)20)11-5-2-6-12(18)16-13(11)19/h1,3-4,11H,2,5-7H2,(H,16,18,19)/t11-/m0/s1. The lowest BCUT2D eigenvalue weighted by atomic mass is 10.1. The Hall–Kier alpha value is -1.88. The zero-order valence-electron chi connectivity index (χ0n) is 10.7. The third-order valence-electron chi connectivity index (χ3n) is 3.76. The van der Waals surface area contributed by atoms with Gasteiger partial charge in [0, 0.05) is 29.1 Å². The van der Waals surface area contributed by atoms with Gasteiger partial charge in [-0.3, -0.25) is 19.7 Å². The molecule has 0 aliphatic carbocycles. The van der Waals surface area contributed by atoms with Gasteiger partial charge in [0.15, 0.2) is 0 Å². The van der Waals surface area contributed by atoms with Crippen LogP contribution in [0.3, 0.4) is 0 Å². The maximum absolute atomic E-state index is 12.4. The van der Waals surface area contributed by atoms with Gasteiger partial charge in [-0.05, 0) is 25.0 Å². The van der Waals surface area contributed by atoms with Crippen LogP contribution in [0, 0.1) is 0 Å². The molecule has 104 valence electrons. The van der Waals surface area contributed by atoms with Gasteiger partial charge in [-0.1, -0.05) is 17.7 Å². The highest BCUT2D eigenvalue weighted by Gasteiger charge is 2.38. The molecule has 1 saturated heterocycles. The molecule has 1 aromatic carbocycles. The van der Waals surface area contributed by atoms with Crippen LogP contribution in [-0.2, 0) is 16.1 Å². The first kappa shape index (κ1) is 13.1. The van der Waals surface area contributed by atoms with E-state index >= 15 is 0 Å². The number of carbonyl (C=O) groups excluding carboxylic acids is 3. The highest BCUT2D eigenvalue weighted by molar-refractivity contribution is 6.32. The molecule has 6 heteroatoms. The Bertz CT molecular complexity index is 614. The summed E-state index contributed by atoms with van der Waals surface area (Å²) in [5.74, 6) is -0.874. The monoisotopic (exact) mass is 292 g/mol. The van der Waals surface area contributed by atoms with Gasteiger partial charge in [-0.15, -0.1) is 0 Å². The third-order valence-corrected chi connectivity index (χ3v) is 4.12. The summed E-state index contributed by atoms with van der Waals surface area (Å²) in [6.07, 6.45) is 1.41. The van der Waals surface area contributed by atoms with E-state index in [9.17, 15) is 14.4 Å². The summed E-state index contributed by atoms with van der Waals surface area (Å²) in [5.41, 5.74) is 1.29. The Kier molecular flexibility index (Phi) is 3.22. The molecular formula is C14H13ClN2O3. The fourth-order valence-corrected chi connectivity index (χ4v) is 2.97. The van der Waals surface area contributed by atoms with Crippen molar-refractivity contribution in [3.05, 3.63) is 34.3 Å². The van der Waals surface area contributed by atoms with Crippen molar-refractivity contribution in [2.75, 3.05) is 0 Å². The molecule has 1 aromatic rings. The Morgan fingerprint density at radius 1 is 1.25 bits per heavy atom. The Morgan fingerprint density at radius 3 is 2.80 bits per heavy atom. The molecule has 3 amide bonds. The number of fused-ring (bicyclic) bond motifs is 1. The van der Waals surface area contributed by atoms with E-state index in [0.717, 1.165) is 5.56 Å². The fourth-order valence-electron chi connectivity index (χ4n) is 2.74. The number of amides is 3. The van der Waals surface area contributed by atoms with Crippen molar-refractivity contribution >= 4 is 29.3 Å². The second kappa shape index (κ2) is 4.90. The number of nitrogens with zero attached hydrogens (tertiary/aromatic N) is 1. The van der Waals surface area contributed by atoms with E-state index in [1.54, 1.807) is 18.2 Å². The molecule has 0 aromatic heterocycles. The normalized spacial score (nSPS) is 22.6. The molecule has 2 aliphatic rings. The number of nitrogens with one attached hydrogen (secondary N) is 1. The predicted octanol–water partition coefficient (Wildman–Crippen LogP) is 1.49. The molecule has 2 heterocycles. The first-order valence-electron chi connectivity index (χ1n) is 6.50. The van der Waals surface area contributed by atoms with Gasteiger partial charge >= 0.3 is 0 Å². The highest BCUT2D eigenvalue weighted by Crippen LogP contribution is 2.31. The summed E-state index contributed by atoms with van der Waals surface area (Å²) in [4.78, 5) is 37.3. The van der Waals surface area contributed by atoms with Crippen LogP contribution in [0.25, 0.3) is 0 Å². The van der Waals surface area contributed by atoms with Crippen LogP contribution in [0.4, 0.5) is 0 Å². The number of benzene rings is 1. The van der Waals surface area contributed by atoms with Crippen molar-refractivity contribution in [2.45, 2.75) is 31.8 Å². The van der Waals surface area contributed by atoms with Gasteiger partial charge in [-0.25, -0.2) is 0 Å². The minimum absolute atomic E-state index is 0.197. The summed E-state index contributed by atoms with van der Waals surface area (Å²) >= 11 is 6.10. The van der Waals surface area contributed by atoms with Crippen LogP contribution in [0.2, 0.25) is 5.02 Å². The fraction of sp³-hybridized carbons (Fsp3) is 0.357. The molecule has 0 saturated carbocycles. The number of halogens is 1. The van der Waals surface area contributed by atoms with Crippen molar-refractivity contribution in [1.82, 2.24) is 10.2 Å². The van der Waals surface area contributed by atoms with Crippen molar-refractivity contribution in [3.63, 3.8) is 0 Å². The molecular weight excluding hydrogens is 280 g/mol. The number of imide groups is 1. The Labute approximate surface area is 120 Å². The Balaban J connectivity index is 1.90. The smallest absolute Gasteiger partial charge is 0.255 e. The van der Waals surface area contributed by atoms with Gasteiger partial charge in [0.05, 0.1) is 0 Å². The lowest BCUT2D eigenvalue weighted by molar-refractivity contribution is -0.132. The minimum Gasteiger partial charge on any atom is -0.322 e. The number of carbonyl (C=O) groups is 3. The summed E-state index contributed by atoms with van der Waals surface area (Å²) in [6, 6.07) is 4.56. The van der Waals surface area contributed by atoms with E-state index in [1.807, 2.05) is 0 Å². The summed E-state index contributed by atoms with van der Waals surface area (Å²) in [5, 5.41) is 2.86. The molecule has 1 atom stereocenters. The molecule has 1 N–H and O–H groups in total. The van der Waals surface area contributed by atoms with Crippen LogP contribution >= 0.6 is 11.6 Å². The zero-order chi connectivity index (χ0) is 14.3. The van der Waals surface area contributed by atoms with Gasteiger partial charge in [-0.2, -0.15) is 0 Å². The second-order valence-electron chi connectivity index (χ2n) is 5.02. The lowest BCUT2D eigenvalue weighted by Crippen LogP contribution is -2.46. The third kappa shape index (κ3) is 2.08. The molecule has 5 nitrogen and oxygen atoms in total. The van der Waals surface area contributed by atoms with Crippen molar-refractivity contribution in [3.8, 4) is 0 Å². The molecule has 3 rings (SSSR count). The van der Waals surface area contributed by atoms with E-state index in [-0.39, 0.29) is 11.8 Å². The zero-order valence-corrected chi connectivity index (χ0v) is 11.4. The average Bonchev–Trinajstić information content (AvgIpc) is 2.64. The first-order chi connectivity index (χ1) is 9.58. The Morgan fingerprint density at radius 2 is 2.05 bits per heavy atom. The predicted molar refractivity (Wildman–Crippen MR) is 72.1 cm³/mol. The number of rotatable bonds is 1. The van der Waals surface area contributed by atoms with Gasteiger partial charge < -0.3 is 4.90 Å². The quantitative estimate of drug-likeness (QED) is 0.798. The topological polar surface area (TPSA) is 66.5 Å². The highest BCUT2D eigenvalue weighted by atomic mass is 35.5. The summed E-state index contributed by atoms with van der Waals surface area (Å²) in [7, 11) is 0. The van der Waals surface area contributed by atoms with Crippen LogP contribution in [-0.4, -0.2) is 28.7 Å². The van der Waals surface area contributed by atoms with Crippen molar-refractivity contribution < 1.29 is 14.4 Å².